The molecule has 0 saturated heterocycles. The minimum absolute atomic E-state index is 0.163. The van der Waals surface area contributed by atoms with Crippen LogP contribution in [0.15, 0.2) is 17.2 Å². The highest BCUT2D eigenvalue weighted by atomic mass is 32.2. The second kappa shape index (κ2) is 5.53. The van der Waals surface area contributed by atoms with Gasteiger partial charge in [-0.1, -0.05) is 6.92 Å². The van der Waals surface area contributed by atoms with Crippen LogP contribution in [0.5, 0.6) is 0 Å². The quantitative estimate of drug-likeness (QED) is 0.521. The SMILES string of the molecule is CC(CO)Sc1cc(C(F)(F)F)ncc1[N+](=O)[O-]. The van der Waals surface area contributed by atoms with Crippen molar-refractivity contribution in [3.8, 4) is 0 Å². The zero-order chi connectivity index (χ0) is 13.9. The third-order valence-corrected chi connectivity index (χ3v) is 3.05. The average molecular weight is 282 g/mol. The molecule has 0 aliphatic carbocycles. The van der Waals surface area contributed by atoms with Gasteiger partial charge in [-0.05, 0) is 6.07 Å². The van der Waals surface area contributed by atoms with Gasteiger partial charge in [0.1, 0.15) is 11.9 Å². The van der Waals surface area contributed by atoms with Crippen molar-refractivity contribution in [2.24, 2.45) is 0 Å². The number of thioether (sulfide) groups is 1. The molecule has 100 valence electrons. The summed E-state index contributed by atoms with van der Waals surface area (Å²) >= 11 is 0.797. The highest BCUT2D eigenvalue weighted by molar-refractivity contribution is 8.00. The smallest absolute Gasteiger partial charge is 0.395 e. The fraction of sp³-hybridized carbons (Fsp3) is 0.444. The summed E-state index contributed by atoms with van der Waals surface area (Å²) in [6.45, 7) is 1.24. The first-order chi connectivity index (χ1) is 8.25. The van der Waals surface area contributed by atoms with E-state index in [1.54, 1.807) is 6.92 Å². The minimum Gasteiger partial charge on any atom is -0.395 e. The first kappa shape index (κ1) is 14.7. The molecule has 1 atom stereocenters. The van der Waals surface area contributed by atoms with Gasteiger partial charge in [-0.15, -0.1) is 11.8 Å². The molecule has 0 radical (unpaired) electrons. The molecule has 0 saturated carbocycles. The number of hydrogen-bond donors (Lipinski definition) is 1. The Morgan fingerprint density at radius 2 is 2.22 bits per heavy atom. The summed E-state index contributed by atoms with van der Waals surface area (Å²) in [5, 5.41) is 19.0. The Morgan fingerprint density at radius 1 is 1.61 bits per heavy atom. The number of aliphatic hydroxyl groups is 1. The summed E-state index contributed by atoms with van der Waals surface area (Å²) in [5.74, 6) is 0. The second-order valence-electron chi connectivity index (χ2n) is 3.40. The van der Waals surface area contributed by atoms with Crippen LogP contribution in [-0.2, 0) is 6.18 Å². The summed E-state index contributed by atoms with van der Waals surface area (Å²) in [6.07, 6.45) is -4.08. The lowest BCUT2D eigenvalue weighted by atomic mass is 10.3. The van der Waals surface area contributed by atoms with Crippen LogP contribution in [0.4, 0.5) is 18.9 Å². The lowest BCUT2D eigenvalue weighted by Crippen LogP contribution is -2.10. The van der Waals surface area contributed by atoms with Crippen LogP contribution in [0, 0.1) is 10.1 Å². The van der Waals surface area contributed by atoms with Crippen LogP contribution in [0.25, 0.3) is 0 Å². The Labute approximate surface area is 104 Å². The summed E-state index contributed by atoms with van der Waals surface area (Å²) in [6, 6.07) is 0.620. The highest BCUT2D eigenvalue weighted by Crippen LogP contribution is 2.36. The molecule has 0 aliphatic rings. The summed E-state index contributed by atoms with van der Waals surface area (Å²) in [4.78, 5) is 12.7. The molecular formula is C9H9F3N2O3S. The first-order valence-electron chi connectivity index (χ1n) is 4.75. The molecule has 1 unspecified atom stereocenters. The van der Waals surface area contributed by atoms with Gasteiger partial charge in [0.15, 0.2) is 0 Å². The maximum atomic E-state index is 12.4. The van der Waals surface area contributed by atoms with Gasteiger partial charge in [0, 0.05) is 5.25 Å². The van der Waals surface area contributed by atoms with Crippen molar-refractivity contribution in [3.05, 3.63) is 28.1 Å². The van der Waals surface area contributed by atoms with Crippen molar-refractivity contribution < 1.29 is 23.2 Å². The Balaban J connectivity index is 3.20. The van der Waals surface area contributed by atoms with E-state index in [4.69, 9.17) is 5.11 Å². The third kappa shape index (κ3) is 3.57. The van der Waals surface area contributed by atoms with Gasteiger partial charge >= 0.3 is 11.9 Å². The molecular weight excluding hydrogens is 273 g/mol. The van der Waals surface area contributed by atoms with E-state index in [1.165, 1.54) is 0 Å². The number of aliphatic hydroxyl groups excluding tert-OH is 1. The van der Waals surface area contributed by atoms with E-state index < -0.39 is 27.7 Å². The van der Waals surface area contributed by atoms with Gasteiger partial charge in [-0.2, -0.15) is 13.2 Å². The van der Waals surface area contributed by atoms with E-state index in [0.29, 0.717) is 12.3 Å². The number of aromatic nitrogens is 1. The van der Waals surface area contributed by atoms with Crippen molar-refractivity contribution >= 4 is 17.4 Å². The molecule has 1 aromatic heterocycles. The minimum atomic E-state index is -4.66. The Bertz CT molecular complexity index is 453. The highest BCUT2D eigenvalue weighted by Gasteiger charge is 2.34. The monoisotopic (exact) mass is 282 g/mol. The number of pyridine rings is 1. The molecule has 1 heterocycles. The fourth-order valence-corrected chi connectivity index (χ4v) is 2.01. The van der Waals surface area contributed by atoms with Gasteiger partial charge in [0.05, 0.1) is 16.4 Å². The Hall–Kier alpha value is -1.35. The molecule has 0 spiro atoms. The van der Waals surface area contributed by atoms with Crippen LogP contribution in [-0.4, -0.2) is 26.9 Å². The number of halogens is 3. The number of nitrogens with zero attached hydrogens (tertiary/aromatic N) is 2. The van der Waals surface area contributed by atoms with E-state index >= 15 is 0 Å². The lowest BCUT2D eigenvalue weighted by Gasteiger charge is -2.10. The van der Waals surface area contributed by atoms with Crippen LogP contribution in [0.1, 0.15) is 12.6 Å². The van der Waals surface area contributed by atoms with Crippen molar-refractivity contribution in [2.45, 2.75) is 23.2 Å². The van der Waals surface area contributed by atoms with Crippen LogP contribution in [0.2, 0.25) is 0 Å². The van der Waals surface area contributed by atoms with Crippen molar-refractivity contribution in [3.63, 3.8) is 0 Å². The van der Waals surface area contributed by atoms with E-state index in [1.807, 2.05) is 0 Å². The van der Waals surface area contributed by atoms with Crippen LogP contribution < -0.4 is 0 Å². The maximum absolute atomic E-state index is 12.4. The normalized spacial score (nSPS) is 13.4. The predicted octanol–water partition coefficient (Wildman–Crippen LogP) is 2.48. The van der Waals surface area contributed by atoms with Gasteiger partial charge in [0.2, 0.25) is 0 Å². The van der Waals surface area contributed by atoms with Gasteiger partial charge < -0.3 is 5.11 Å². The van der Waals surface area contributed by atoms with Crippen molar-refractivity contribution in [1.82, 2.24) is 4.98 Å². The van der Waals surface area contributed by atoms with E-state index in [2.05, 4.69) is 4.98 Å². The standard InChI is InChI=1S/C9H9F3N2O3S/c1-5(4-15)18-7-2-8(9(10,11)12)13-3-6(7)14(16)17/h2-3,5,15H,4H2,1H3. The molecule has 0 fully saturated rings. The molecule has 1 N–H and O–H groups in total. The first-order valence-corrected chi connectivity index (χ1v) is 5.62. The van der Waals surface area contributed by atoms with Gasteiger partial charge in [0.25, 0.3) is 0 Å². The predicted molar refractivity (Wildman–Crippen MR) is 58.3 cm³/mol. The molecule has 9 heteroatoms. The molecule has 1 rings (SSSR count). The summed E-state index contributed by atoms with van der Waals surface area (Å²) in [5.41, 5.74) is -1.70. The molecule has 0 amide bonds. The van der Waals surface area contributed by atoms with Crippen LogP contribution in [0.3, 0.4) is 0 Å². The number of alkyl halides is 3. The zero-order valence-corrected chi connectivity index (χ0v) is 9.96. The Kier molecular flexibility index (Phi) is 4.52. The second-order valence-corrected chi connectivity index (χ2v) is 4.88. The van der Waals surface area contributed by atoms with E-state index in [9.17, 15) is 23.3 Å². The van der Waals surface area contributed by atoms with E-state index in [0.717, 1.165) is 11.8 Å². The lowest BCUT2D eigenvalue weighted by molar-refractivity contribution is -0.388. The van der Waals surface area contributed by atoms with E-state index in [-0.39, 0.29) is 11.5 Å². The number of hydrogen-bond acceptors (Lipinski definition) is 5. The number of nitro groups is 1. The molecule has 0 bridgehead atoms. The largest absolute Gasteiger partial charge is 0.433 e. The van der Waals surface area contributed by atoms with Gasteiger partial charge in [-0.3, -0.25) is 10.1 Å². The topological polar surface area (TPSA) is 76.3 Å². The molecule has 5 nitrogen and oxygen atoms in total. The summed E-state index contributed by atoms with van der Waals surface area (Å²) in [7, 11) is 0. The third-order valence-electron chi connectivity index (χ3n) is 1.92. The molecule has 18 heavy (non-hydrogen) atoms. The fourth-order valence-electron chi connectivity index (χ4n) is 1.07. The summed E-state index contributed by atoms with van der Waals surface area (Å²) < 4.78 is 37.3. The average Bonchev–Trinajstić information content (AvgIpc) is 2.27. The van der Waals surface area contributed by atoms with Crippen molar-refractivity contribution in [2.75, 3.05) is 6.61 Å². The maximum Gasteiger partial charge on any atom is 0.433 e. The van der Waals surface area contributed by atoms with Gasteiger partial charge in [-0.25, -0.2) is 4.98 Å². The number of rotatable bonds is 4. The zero-order valence-electron chi connectivity index (χ0n) is 9.14. The molecule has 0 aromatic carbocycles. The Morgan fingerprint density at radius 3 is 2.67 bits per heavy atom. The van der Waals surface area contributed by atoms with Crippen LogP contribution >= 0.6 is 11.8 Å². The molecule has 1 aromatic rings. The molecule has 0 aliphatic heterocycles. The van der Waals surface area contributed by atoms with Crippen molar-refractivity contribution in [1.29, 1.82) is 0 Å².